The highest BCUT2D eigenvalue weighted by Crippen LogP contribution is 1.59. The predicted molar refractivity (Wildman–Crippen MR) is 23.5 cm³/mol. The van der Waals surface area contributed by atoms with E-state index in [1.165, 1.54) is 0 Å². The van der Waals surface area contributed by atoms with Crippen molar-refractivity contribution in [2.75, 3.05) is 0 Å². The van der Waals surface area contributed by atoms with Gasteiger partial charge in [0.25, 0.3) is 0 Å². The highest BCUT2D eigenvalue weighted by molar-refractivity contribution is 6.12. The van der Waals surface area contributed by atoms with Gasteiger partial charge < -0.3 is 4.84 Å². The van der Waals surface area contributed by atoms with Crippen molar-refractivity contribution in [1.29, 1.82) is 0 Å². The Bertz CT molecular complexity index is 72.6. The predicted octanol–water partition coefficient (Wildman–Crippen LogP) is 0.642. The Morgan fingerprint density at radius 3 is 2.67 bits per heavy atom. The molecule has 0 aliphatic carbocycles. The lowest BCUT2D eigenvalue weighted by atomic mass is 10.8. The summed E-state index contributed by atoms with van der Waals surface area (Å²) in [5.41, 5.74) is 0. The maximum absolute atomic E-state index is 4.81. The minimum atomic E-state index is 1.65. The molecule has 34 valence electrons. The first-order valence-corrected chi connectivity index (χ1v) is 1.73. The molecule has 0 amide bonds. The molecule has 6 heavy (non-hydrogen) atoms. The normalized spacial score (nSPS) is 5.67. The van der Waals surface area contributed by atoms with E-state index in [1.54, 1.807) is 6.92 Å². The summed E-state index contributed by atoms with van der Waals surface area (Å²) < 4.78 is 0. The van der Waals surface area contributed by atoms with Crippen LogP contribution in [0.4, 0.5) is 0 Å². The van der Waals surface area contributed by atoms with Crippen molar-refractivity contribution in [3.63, 3.8) is 0 Å². The lowest BCUT2D eigenvalue weighted by molar-refractivity contribution is 0.235. The minimum Gasteiger partial charge on any atom is -0.341 e. The molecule has 0 aromatic heterocycles. The molecule has 2 nitrogen and oxygen atoms in total. The van der Waals surface area contributed by atoms with Gasteiger partial charge in [0, 0.05) is 18.7 Å². The Morgan fingerprint density at radius 1 is 1.83 bits per heavy atom. The van der Waals surface area contributed by atoms with Crippen LogP contribution in [0.1, 0.15) is 6.92 Å². The average molecular weight is 106 g/mol. The molecule has 0 aromatic rings. The topological polar surface area (TPSA) is 21.3 Å². The van der Waals surface area contributed by atoms with Gasteiger partial charge in [-0.3, -0.25) is 0 Å². The average Bonchev–Trinajstić information content (AvgIpc) is 1.61. The lowest BCUT2D eigenvalue weighted by Gasteiger charge is -1.79. The van der Waals surface area contributed by atoms with Crippen molar-refractivity contribution in [1.82, 2.24) is 5.00 Å². The zero-order valence-electron chi connectivity index (χ0n) is 3.29. The second-order valence-corrected chi connectivity index (χ2v) is 0.686. The van der Waals surface area contributed by atoms with E-state index in [2.05, 4.69) is 16.9 Å². The molecule has 0 rings (SSSR count). The highest BCUT2D eigenvalue weighted by Gasteiger charge is 1.58. The summed E-state index contributed by atoms with van der Waals surface area (Å²) in [5.74, 6) is 2.45. The lowest BCUT2D eigenvalue weighted by Crippen LogP contribution is -1.90. The zero-order valence-corrected chi connectivity index (χ0v) is 4.04. The summed E-state index contributed by atoms with van der Waals surface area (Å²) in [4.78, 5) is 6.00. The van der Waals surface area contributed by atoms with E-state index in [1.807, 2.05) is 5.00 Å². The summed E-state index contributed by atoms with van der Waals surface area (Å²) in [6.07, 6.45) is 2.20. The minimum absolute atomic E-state index is 1.65. The van der Waals surface area contributed by atoms with Gasteiger partial charge in [0.2, 0.25) is 0 Å². The van der Waals surface area contributed by atoms with Crippen molar-refractivity contribution in [3.8, 4) is 12.0 Å². The van der Waals surface area contributed by atoms with Gasteiger partial charge >= 0.3 is 0 Å². The fraction of sp³-hybridized carbons (Fsp3) is 0.333. The van der Waals surface area contributed by atoms with Crippen LogP contribution in [-0.2, 0) is 4.84 Å². The summed E-state index contributed by atoms with van der Waals surface area (Å²) in [5, 5.41) is 0. The first kappa shape index (κ1) is 5.61. The molecule has 1 N–H and O–H groups in total. The SMILES string of the molecule is CC#CONCl. The monoisotopic (exact) mass is 105 g/mol. The molecule has 0 radical (unpaired) electrons. The fourth-order valence-corrected chi connectivity index (χ4v) is 0.109. The van der Waals surface area contributed by atoms with Crippen LogP contribution in [-0.4, -0.2) is 0 Å². The molecule has 0 bridgehead atoms. The third-order valence-corrected chi connectivity index (χ3v) is 0.269. The molecule has 0 saturated carbocycles. The summed E-state index contributed by atoms with van der Waals surface area (Å²) >= 11 is 4.81. The first-order chi connectivity index (χ1) is 2.91. The highest BCUT2D eigenvalue weighted by atomic mass is 35.5. The van der Waals surface area contributed by atoms with Crippen LogP contribution >= 0.6 is 11.8 Å². The third kappa shape index (κ3) is 3.61. The molecule has 0 spiro atoms. The van der Waals surface area contributed by atoms with Crippen molar-refractivity contribution in [2.24, 2.45) is 0 Å². The Hall–Kier alpha value is -0.390. The fourth-order valence-electron chi connectivity index (χ4n) is 0.0703. The molecule has 0 aromatic carbocycles. The van der Waals surface area contributed by atoms with Gasteiger partial charge in [0.1, 0.15) is 6.11 Å². The standard InChI is InChI=1S/C3H4ClNO/c1-2-3-6-5-4/h5H,1H3. The van der Waals surface area contributed by atoms with Gasteiger partial charge in [-0.1, -0.05) is 10.9 Å². The van der Waals surface area contributed by atoms with Gasteiger partial charge in [-0.05, 0) is 0 Å². The number of hydrogen-bond donors (Lipinski definition) is 1. The Labute approximate surface area is 41.5 Å². The van der Waals surface area contributed by atoms with Crippen molar-refractivity contribution in [2.45, 2.75) is 6.92 Å². The smallest absolute Gasteiger partial charge is 0.139 e. The maximum Gasteiger partial charge on any atom is 0.139 e. The molecule has 0 saturated heterocycles. The molecular formula is C3H4ClNO. The van der Waals surface area contributed by atoms with E-state index in [9.17, 15) is 0 Å². The molecule has 0 fully saturated rings. The van der Waals surface area contributed by atoms with Crippen LogP contribution in [0.15, 0.2) is 0 Å². The second kappa shape index (κ2) is 4.61. The van der Waals surface area contributed by atoms with Crippen LogP contribution in [0.2, 0.25) is 0 Å². The van der Waals surface area contributed by atoms with Crippen LogP contribution in [0.3, 0.4) is 0 Å². The van der Waals surface area contributed by atoms with E-state index in [0.29, 0.717) is 0 Å². The van der Waals surface area contributed by atoms with Gasteiger partial charge in [-0.2, -0.15) is 0 Å². The van der Waals surface area contributed by atoms with E-state index in [0.717, 1.165) is 0 Å². The summed E-state index contributed by atoms with van der Waals surface area (Å²) in [7, 11) is 0. The maximum atomic E-state index is 4.81. The molecule has 3 heteroatoms. The zero-order chi connectivity index (χ0) is 4.83. The van der Waals surface area contributed by atoms with E-state index >= 15 is 0 Å². The van der Waals surface area contributed by atoms with E-state index in [-0.39, 0.29) is 0 Å². The Morgan fingerprint density at radius 2 is 2.50 bits per heavy atom. The van der Waals surface area contributed by atoms with Crippen LogP contribution in [0.25, 0.3) is 0 Å². The van der Waals surface area contributed by atoms with Crippen molar-refractivity contribution in [3.05, 3.63) is 0 Å². The number of nitrogens with one attached hydrogen (secondary N) is 1. The Kier molecular flexibility index (Phi) is 4.31. The van der Waals surface area contributed by atoms with Gasteiger partial charge in [0.15, 0.2) is 0 Å². The van der Waals surface area contributed by atoms with E-state index < -0.39 is 0 Å². The van der Waals surface area contributed by atoms with Gasteiger partial charge in [-0.25, -0.2) is 0 Å². The molecule has 0 heterocycles. The third-order valence-electron chi connectivity index (χ3n) is 0.192. The molecule has 0 aliphatic rings. The van der Waals surface area contributed by atoms with Crippen molar-refractivity contribution < 1.29 is 4.84 Å². The molecule has 0 unspecified atom stereocenters. The summed E-state index contributed by atoms with van der Waals surface area (Å²) in [6.45, 7) is 1.65. The Balaban J connectivity index is 2.79. The van der Waals surface area contributed by atoms with Crippen LogP contribution in [0, 0.1) is 12.0 Å². The van der Waals surface area contributed by atoms with Gasteiger partial charge in [-0.15, -0.1) is 0 Å². The van der Waals surface area contributed by atoms with Crippen molar-refractivity contribution >= 4 is 11.8 Å². The number of hydrogen-bond acceptors (Lipinski definition) is 2. The summed E-state index contributed by atoms with van der Waals surface area (Å²) in [6, 6.07) is 0. The molecular weight excluding hydrogens is 101 g/mol. The second-order valence-electron chi connectivity index (χ2n) is 0.531. The van der Waals surface area contributed by atoms with E-state index in [4.69, 9.17) is 11.8 Å². The quantitative estimate of drug-likeness (QED) is 0.300. The number of halogens is 1. The molecule has 0 atom stereocenters. The largest absolute Gasteiger partial charge is 0.341 e. The number of rotatable bonds is 1. The molecule has 0 aliphatic heterocycles. The van der Waals surface area contributed by atoms with Gasteiger partial charge in [0.05, 0.1) is 0 Å². The van der Waals surface area contributed by atoms with Crippen LogP contribution < -0.4 is 5.00 Å². The van der Waals surface area contributed by atoms with Crippen LogP contribution in [0.5, 0.6) is 0 Å². The first-order valence-electron chi connectivity index (χ1n) is 1.35.